The average molecular weight is 389 g/mol. The lowest BCUT2D eigenvalue weighted by molar-refractivity contribution is 0.602. The highest BCUT2D eigenvalue weighted by Gasteiger charge is 2.06. The molecular formula is C12H12IN3O2S. The highest BCUT2D eigenvalue weighted by atomic mass is 127. The van der Waals surface area contributed by atoms with Gasteiger partial charge in [0.05, 0.1) is 4.90 Å². The Balaban J connectivity index is 2.02. The standard InChI is InChI=1S/C12H12IN3O2S/c1-19(17,18)11-4-2-9(3-5-11)6-14-12-15-7-10(13)8-16-12/h2-5,7-8H,6H2,1H3,(H,14,15,16). The number of hydrogen-bond donors (Lipinski definition) is 1. The van der Waals surface area contributed by atoms with E-state index in [-0.39, 0.29) is 0 Å². The Labute approximate surface area is 125 Å². The second-order valence-corrected chi connectivity index (χ2v) is 7.26. The highest BCUT2D eigenvalue weighted by molar-refractivity contribution is 14.1. The molecular weight excluding hydrogens is 377 g/mol. The van der Waals surface area contributed by atoms with E-state index in [1.807, 2.05) is 0 Å². The molecule has 5 nitrogen and oxygen atoms in total. The van der Waals surface area contributed by atoms with Gasteiger partial charge in [0.1, 0.15) is 0 Å². The van der Waals surface area contributed by atoms with Crippen molar-refractivity contribution in [2.45, 2.75) is 11.4 Å². The maximum atomic E-state index is 11.3. The first-order valence-corrected chi connectivity index (χ1v) is 8.42. The van der Waals surface area contributed by atoms with Gasteiger partial charge in [-0.2, -0.15) is 0 Å². The van der Waals surface area contributed by atoms with Crippen molar-refractivity contribution in [1.82, 2.24) is 9.97 Å². The number of benzene rings is 1. The largest absolute Gasteiger partial charge is 0.350 e. The minimum Gasteiger partial charge on any atom is -0.350 e. The summed E-state index contributed by atoms with van der Waals surface area (Å²) in [6.45, 7) is 0.546. The lowest BCUT2D eigenvalue weighted by Crippen LogP contribution is -2.04. The molecule has 1 N–H and O–H groups in total. The van der Waals surface area contributed by atoms with Crippen LogP contribution in [0, 0.1) is 3.57 Å². The Bertz CT molecular complexity index is 654. The van der Waals surface area contributed by atoms with Crippen molar-refractivity contribution in [2.24, 2.45) is 0 Å². The molecule has 100 valence electrons. The Morgan fingerprint density at radius 2 is 1.74 bits per heavy atom. The first-order valence-electron chi connectivity index (χ1n) is 5.45. The summed E-state index contributed by atoms with van der Waals surface area (Å²) in [5.74, 6) is 0.549. The van der Waals surface area contributed by atoms with E-state index >= 15 is 0 Å². The second kappa shape index (κ2) is 5.83. The zero-order chi connectivity index (χ0) is 13.9. The highest BCUT2D eigenvalue weighted by Crippen LogP contribution is 2.11. The zero-order valence-electron chi connectivity index (χ0n) is 10.2. The van der Waals surface area contributed by atoms with Crippen LogP contribution < -0.4 is 5.32 Å². The van der Waals surface area contributed by atoms with Crippen LogP contribution in [0.15, 0.2) is 41.6 Å². The van der Waals surface area contributed by atoms with E-state index in [9.17, 15) is 8.42 Å². The Hall–Kier alpha value is -1.22. The van der Waals surface area contributed by atoms with E-state index in [1.165, 1.54) is 6.26 Å². The van der Waals surface area contributed by atoms with Gasteiger partial charge in [-0.15, -0.1) is 0 Å². The molecule has 2 aromatic rings. The van der Waals surface area contributed by atoms with Gasteiger partial charge in [-0.3, -0.25) is 0 Å². The number of nitrogens with zero attached hydrogens (tertiary/aromatic N) is 2. The maximum absolute atomic E-state index is 11.3. The monoisotopic (exact) mass is 389 g/mol. The molecule has 0 aliphatic heterocycles. The van der Waals surface area contributed by atoms with Gasteiger partial charge in [0, 0.05) is 28.8 Å². The van der Waals surface area contributed by atoms with Crippen LogP contribution in [0.2, 0.25) is 0 Å². The van der Waals surface area contributed by atoms with Gasteiger partial charge in [0.25, 0.3) is 0 Å². The van der Waals surface area contributed by atoms with Crippen molar-refractivity contribution in [3.63, 3.8) is 0 Å². The number of rotatable bonds is 4. The first kappa shape index (κ1) is 14.2. The van der Waals surface area contributed by atoms with Crippen molar-refractivity contribution in [2.75, 3.05) is 11.6 Å². The fourth-order valence-corrected chi connectivity index (χ4v) is 2.35. The van der Waals surface area contributed by atoms with E-state index in [2.05, 4.69) is 37.9 Å². The lowest BCUT2D eigenvalue weighted by atomic mass is 10.2. The van der Waals surface area contributed by atoms with E-state index in [1.54, 1.807) is 36.7 Å². The van der Waals surface area contributed by atoms with Crippen LogP contribution in [-0.4, -0.2) is 24.6 Å². The molecule has 0 aliphatic rings. The minimum absolute atomic E-state index is 0.321. The summed E-state index contributed by atoms with van der Waals surface area (Å²) in [7, 11) is -3.14. The van der Waals surface area contributed by atoms with Crippen LogP contribution in [0.5, 0.6) is 0 Å². The van der Waals surface area contributed by atoms with Crippen molar-refractivity contribution in [3.8, 4) is 0 Å². The third-order valence-electron chi connectivity index (χ3n) is 2.42. The van der Waals surface area contributed by atoms with Gasteiger partial charge >= 0.3 is 0 Å². The summed E-state index contributed by atoms with van der Waals surface area (Å²) >= 11 is 2.14. The molecule has 0 fully saturated rings. The molecule has 0 radical (unpaired) electrons. The Kier molecular flexibility index (Phi) is 4.35. The Morgan fingerprint density at radius 1 is 1.16 bits per heavy atom. The number of hydrogen-bond acceptors (Lipinski definition) is 5. The van der Waals surface area contributed by atoms with Crippen molar-refractivity contribution >= 4 is 38.4 Å². The molecule has 0 amide bonds. The molecule has 0 atom stereocenters. The van der Waals surface area contributed by atoms with Crippen molar-refractivity contribution < 1.29 is 8.42 Å². The molecule has 1 heterocycles. The summed E-state index contributed by atoms with van der Waals surface area (Å²) in [6.07, 6.45) is 4.64. The summed E-state index contributed by atoms with van der Waals surface area (Å²) in [4.78, 5) is 8.57. The summed E-state index contributed by atoms with van der Waals surface area (Å²) < 4.78 is 23.6. The normalized spacial score (nSPS) is 11.3. The third kappa shape index (κ3) is 4.13. The quantitative estimate of drug-likeness (QED) is 0.811. The predicted octanol–water partition coefficient (Wildman–Crippen LogP) is 2.10. The molecule has 19 heavy (non-hydrogen) atoms. The van der Waals surface area contributed by atoms with Gasteiger partial charge in [-0.25, -0.2) is 18.4 Å². The fraction of sp³-hybridized carbons (Fsp3) is 0.167. The molecule has 0 aliphatic carbocycles. The molecule has 1 aromatic carbocycles. The van der Waals surface area contributed by atoms with Crippen molar-refractivity contribution in [3.05, 3.63) is 45.8 Å². The van der Waals surface area contributed by atoms with E-state index in [0.29, 0.717) is 17.4 Å². The number of anilines is 1. The number of halogens is 1. The topological polar surface area (TPSA) is 72.0 Å². The summed E-state index contributed by atoms with van der Waals surface area (Å²) in [5.41, 5.74) is 0.967. The van der Waals surface area contributed by atoms with Gasteiger partial charge in [0.15, 0.2) is 9.84 Å². The number of nitrogens with one attached hydrogen (secondary N) is 1. The van der Waals surface area contributed by atoms with E-state index < -0.39 is 9.84 Å². The number of sulfone groups is 1. The van der Waals surface area contributed by atoms with Crippen LogP contribution in [0.25, 0.3) is 0 Å². The summed E-state index contributed by atoms with van der Waals surface area (Å²) in [5, 5.41) is 3.07. The average Bonchev–Trinajstić information content (AvgIpc) is 2.37. The van der Waals surface area contributed by atoms with Gasteiger partial charge in [0.2, 0.25) is 5.95 Å². The van der Waals surface area contributed by atoms with Gasteiger partial charge < -0.3 is 5.32 Å². The Morgan fingerprint density at radius 3 is 2.26 bits per heavy atom. The summed E-state index contributed by atoms with van der Waals surface area (Å²) in [6, 6.07) is 6.74. The van der Waals surface area contributed by atoms with Crippen LogP contribution in [0.1, 0.15) is 5.56 Å². The fourth-order valence-electron chi connectivity index (χ4n) is 1.44. The van der Waals surface area contributed by atoms with Crippen LogP contribution in [0.3, 0.4) is 0 Å². The van der Waals surface area contributed by atoms with Gasteiger partial charge in [-0.1, -0.05) is 12.1 Å². The molecule has 7 heteroatoms. The maximum Gasteiger partial charge on any atom is 0.222 e. The molecule has 2 rings (SSSR count). The lowest BCUT2D eigenvalue weighted by Gasteiger charge is -2.05. The van der Waals surface area contributed by atoms with Crippen molar-refractivity contribution in [1.29, 1.82) is 0 Å². The molecule has 0 unspecified atom stereocenters. The van der Waals surface area contributed by atoms with E-state index in [0.717, 1.165) is 9.13 Å². The van der Waals surface area contributed by atoms with E-state index in [4.69, 9.17) is 0 Å². The smallest absolute Gasteiger partial charge is 0.222 e. The van der Waals surface area contributed by atoms with Crippen LogP contribution in [-0.2, 0) is 16.4 Å². The van der Waals surface area contributed by atoms with Crippen LogP contribution in [0.4, 0.5) is 5.95 Å². The first-order chi connectivity index (χ1) is 8.95. The second-order valence-electron chi connectivity index (χ2n) is 3.99. The third-order valence-corrected chi connectivity index (χ3v) is 4.11. The SMILES string of the molecule is CS(=O)(=O)c1ccc(CNc2ncc(I)cn2)cc1. The molecule has 0 spiro atoms. The molecule has 0 saturated heterocycles. The van der Waals surface area contributed by atoms with Gasteiger partial charge in [-0.05, 0) is 40.3 Å². The van der Waals surface area contributed by atoms with Crippen LogP contribution >= 0.6 is 22.6 Å². The molecule has 0 saturated carbocycles. The minimum atomic E-state index is -3.14. The predicted molar refractivity (Wildman–Crippen MR) is 81.6 cm³/mol. The zero-order valence-corrected chi connectivity index (χ0v) is 13.1. The number of aromatic nitrogens is 2. The molecule has 1 aromatic heterocycles. The molecule has 0 bridgehead atoms.